The maximum Gasteiger partial charge on any atom is 1.00 e. The van der Waals surface area contributed by atoms with Crippen LogP contribution in [0.4, 0.5) is 0 Å². The van der Waals surface area contributed by atoms with E-state index in [1.165, 1.54) is 12.0 Å². The summed E-state index contributed by atoms with van der Waals surface area (Å²) in [6.45, 7) is 0. The molecule has 0 aliphatic carbocycles. The van der Waals surface area contributed by atoms with Crippen LogP contribution in [0.5, 0.6) is 0 Å². The number of hydrogen-bond acceptors (Lipinski definition) is 2. The molecule has 0 aromatic rings. The molecule has 4 nitrogen and oxygen atoms in total. The molecule has 0 saturated carbocycles. The van der Waals surface area contributed by atoms with E-state index in [1.54, 1.807) is 0 Å². The second-order valence-corrected chi connectivity index (χ2v) is 3.21. The molecular weight excluding hydrogens is 278 g/mol. The van der Waals surface area contributed by atoms with Crippen molar-refractivity contribution < 1.29 is 59.1 Å². The molecular formula is C4H2N4Na2S4. The Morgan fingerprint density at radius 2 is 1.14 bits per heavy atom. The zero-order valence-corrected chi connectivity index (χ0v) is 14.9. The first kappa shape index (κ1) is 24.7. The average molecular weight is 280 g/mol. The summed E-state index contributed by atoms with van der Waals surface area (Å²) in [5.74, 6) is 0. The van der Waals surface area contributed by atoms with Gasteiger partial charge in [-0.05, 0) is 0 Å². The van der Waals surface area contributed by atoms with E-state index in [-0.39, 0.29) is 67.8 Å². The molecule has 0 N–H and O–H groups in total. The van der Waals surface area contributed by atoms with Crippen LogP contribution in [0.2, 0.25) is 0 Å². The minimum absolute atomic E-state index is 0. The van der Waals surface area contributed by atoms with Gasteiger partial charge in [-0.25, -0.2) is 0 Å². The van der Waals surface area contributed by atoms with E-state index in [4.69, 9.17) is 10.8 Å². The molecule has 0 aliphatic heterocycles. The second-order valence-electron chi connectivity index (χ2n) is 0.989. The molecule has 0 radical (unpaired) electrons. The topological polar surface area (TPSA) is 69.3 Å². The summed E-state index contributed by atoms with van der Waals surface area (Å²) in [4.78, 5) is 6.05. The summed E-state index contributed by atoms with van der Waals surface area (Å²) in [5, 5.41) is 15.4. The van der Waals surface area contributed by atoms with E-state index in [2.05, 4.69) is 59.7 Å². The second kappa shape index (κ2) is 20.1. The van der Waals surface area contributed by atoms with Gasteiger partial charge in [-0.15, -0.1) is 37.3 Å². The van der Waals surface area contributed by atoms with Gasteiger partial charge in [0.25, 0.3) is 0 Å². The summed E-state index contributed by atoms with van der Waals surface area (Å²) in [5.41, 5.74) is 0. The molecule has 0 heterocycles. The van der Waals surface area contributed by atoms with Crippen LogP contribution in [-0.4, -0.2) is 20.7 Å². The molecule has 0 spiro atoms. The zero-order chi connectivity index (χ0) is 9.98. The van der Waals surface area contributed by atoms with Gasteiger partial charge in [0, 0.05) is 0 Å². The SMILES string of the molecule is [N-]=C=NC(=S)S.[N-]=C=NC(=S)S.[Na+].[Na+]. The fraction of sp³-hybridized carbons (Fsp3) is 0. The van der Waals surface area contributed by atoms with Gasteiger partial charge in [-0.3, -0.25) is 0 Å². The molecule has 0 atom stereocenters. The predicted molar refractivity (Wildman–Crippen MR) is 64.8 cm³/mol. The van der Waals surface area contributed by atoms with Crippen LogP contribution in [0, 0.1) is 0 Å². The Morgan fingerprint density at radius 3 is 1.14 bits per heavy atom. The van der Waals surface area contributed by atoms with Gasteiger partial charge < -0.3 is 20.8 Å². The molecule has 0 aliphatic rings. The van der Waals surface area contributed by atoms with Crippen LogP contribution in [0.1, 0.15) is 0 Å². The quantitative estimate of drug-likeness (QED) is 0.205. The Kier molecular flexibility index (Phi) is 35.5. The zero-order valence-electron chi connectivity index (χ0n) is 7.50. The molecule has 0 saturated heterocycles. The molecule has 14 heavy (non-hydrogen) atoms. The monoisotopic (exact) mass is 280 g/mol. The van der Waals surface area contributed by atoms with E-state index in [9.17, 15) is 0 Å². The maximum atomic E-state index is 7.68. The minimum atomic E-state index is 0. The van der Waals surface area contributed by atoms with Crippen LogP contribution in [0.15, 0.2) is 9.98 Å². The fourth-order valence-electron chi connectivity index (χ4n) is 0.0855. The van der Waals surface area contributed by atoms with Gasteiger partial charge in [0.1, 0.15) is 0 Å². The molecule has 0 aromatic carbocycles. The van der Waals surface area contributed by atoms with Crippen LogP contribution in [-0.2, 0) is 0 Å². The van der Waals surface area contributed by atoms with E-state index in [0.717, 1.165) is 0 Å². The van der Waals surface area contributed by atoms with E-state index < -0.39 is 0 Å². The molecule has 0 bridgehead atoms. The van der Waals surface area contributed by atoms with Gasteiger partial charge in [-0.1, -0.05) is 24.4 Å². The number of hydrogen-bond donors (Lipinski definition) is 2. The van der Waals surface area contributed by atoms with Crippen molar-refractivity contribution in [3.63, 3.8) is 0 Å². The smallest absolute Gasteiger partial charge is 0.422 e. The summed E-state index contributed by atoms with van der Waals surface area (Å²) in [7, 11) is 0. The van der Waals surface area contributed by atoms with Crippen molar-refractivity contribution in [2.24, 2.45) is 9.98 Å². The van der Waals surface area contributed by atoms with Gasteiger partial charge >= 0.3 is 59.1 Å². The van der Waals surface area contributed by atoms with E-state index in [1.807, 2.05) is 0 Å². The molecule has 0 rings (SSSR count). The number of rotatable bonds is 0. The Labute approximate surface area is 148 Å². The van der Waals surface area contributed by atoms with Crippen molar-refractivity contribution in [3.05, 3.63) is 10.8 Å². The Balaban J connectivity index is -0.0000000625. The summed E-state index contributed by atoms with van der Waals surface area (Å²) in [6, 6.07) is 2.95. The number of thiocarbonyl (C=S) groups is 2. The largest absolute Gasteiger partial charge is 1.00 e. The third kappa shape index (κ3) is 37.3. The summed E-state index contributed by atoms with van der Waals surface area (Å²) < 4.78 is 0.162. The first-order valence-corrected chi connectivity index (χ1v) is 3.91. The third-order valence-corrected chi connectivity index (χ3v) is 0.674. The maximum absolute atomic E-state index is 7.68. The molecule has 0 aromatic heterocycles. The molecule has 64 valence electrons. The first-order valence-electron chi connectivity index (χ1n) is 2.20. The van der Waals surface area contributed by atoms with Crippen molar-refractivity contribution in [1.82, 2.24) is 0 Å². The van der Waals surface area contributed by atoms with Crippen LogP contribution in [0.25, 0.3) is 10.8 Å². The van der Waals surface area contributed by atoms with E-state index >= 15 is 0 Å². The van der Waals surface area contributed by atoms with Crippen molar-refractivity contribution in [2.45, 2.75) is 0 Å². The standard InChI is InChI=1S/2C2HN2S2.2Na/c2*3-1-4-2(5)6;;/h2*(H,5,6);;/q2*-1;2*+1. The molecule has 0 amide bonds. The van der Waals surface area contributed by atoms with Crippen LogP contribution >= 0.6 is 49.7 Å². The third-order valence-electron chi connectivity index (χ3n) is 0.291. The van der Waals surface area contributed by atoms with Crippen LogP contribution in [0.3, 0.4) is 0 Å². The molecule has 10 heteroatoms. The Bertz CT molecular complexity index is 241. The molecule has 0 fully saturated rings. The summed E-state index contributed by atoms with van der Waals surface area (Å²) >= 11 is 15.6. The van der Waals surface area contributed by atoms with Gasteiger partial charge in [0.15, 0.2) is 0 Å². The average Bonchev–Trinajstić information content (AvgIpc) is 1.87. The van der Waals surface area contributed by atoms with Gasteiger partial charge in [-0.2, -0.15) is 0 Å². The molecule has 0 unspecified atom stereocenters. The van der Waals surface area contributed by atoms with Crippen LogP contribution < -0.4 is 59.1 Å². The van der Waals surface area contributed by atoms with Crippen molar-refractivity contribution >= 4 is 70.4 Å². The minimum Gasteiger partial charge on any atom is -0.422 e. The number of aliphatic imine (C=N–C) groups is 2. The van der Waals surface area contributed by atoms with E-state index in [0.29, 0.717) is 0 Å². The van der Waals surface area contributed by atoms with Crippen molar-refractivity contribution in [2.75, 3.05) is 0 Å². The number of thiol groups is 2. The fourth-order valence-corrected chi connectivity index (χ4v) is 0.257. The Hall–Kier alpha value is 1.64. The van der Waals surface area contributed by atoms with Crippen molar-refractivity contribution in [1.29, 1.82) is 0 Å². The first-order chi connectivity index (χ1) is 5.54. The summed E-state index contributed by atoms with van der Waals surface area (Å²) in [6.07, 6.45) is 0. The normalized spacial score (nSPS) is 5.29. The van der Waals surface area contributed by atoms with Gasteiger partial charge in [0.05, 0.1) is 8.64 Å². The predicted octanol–water partition coefficient (Wildman–Crippen LogP) is -4.10. The van der Waals surface area contributed by atoms with Gasteiger partial charge in [0.2, 0.25) is 0 Å². The Morgan fingerprint density at radius 1 is 0.929 bits per heavy atom. The number of nitrogens with zero attached hydrogens (tertiary/aromatic N) is 4. The van der Waals surface area contributed by atoms with Crippen molar-refractivity contribution in [3.8, 4) is 0 Å².